The summed E-state index contributed by atoms with van der Waals surface area (Å²) in [7, 11) is 0. The molecule has 0 fully saturated rings. The van der Waals surface area contributed by atoms with Crippen LogP contribution in [0, 0.1) is 0 Å². The number of alkyl halides is 51. The zero-order valence-electron chi connectivity index (χ0n) is 50.4. The Balaban J connectivity index is 2.84. The summed E-state index contributed by atoms with van der Waals surface area (Å²) < 4.78 is 726. The average Bonchev–Trinajstić information content (AvgIpc) is 0.706. The van der Waals surface area contributed by atoms with Gasteiger partial charge in [-0.15, -0.1) is 0 Å². The summed E-state index contributed by atoms with van der Waals surface area (Å²) in [4.78, 5) is 13.5. The topological polar surface area (TPSA) is 54.0 Å². The van der Waals surface area contributed by atoms with Crippen molar-refractivity contribution in [2.24, 2.45) is 0 Å². The summed E-state index contributed by atoms with van der Waals surface area (Å²) in [5, 5.41) is 0. The number of esters is 1. The van der Waals surface area contributed by atoms with Crippen LogP contribution in [0.3, 0.4) is 0 Å². The van der Waals surface area contributed by atoms with Gasteiger partial charge in [-0.25, -0.2) is 4.79 Å². The highest BCUT2D eigenvalue weighted by molar-refractivity contribution is 5.91. The predicted octanol–water partition coefficient (Wildman–Crippen LogP) is 23.3. The zero-order chi connectivity index (χ0) is 85.3. The first-order valence-corrected chi connectivity index (χ1v) is 27.3. The van der Waals surface area contributed by atoms with Crippen molar-refractivity contribution in [3.63, 3.8) is 0 Å². The van der Waals surface area contributed by atoms with Gasteiger partial charge in [0.2, 0.25) is 5.75 Å². The van der Waals surface area contributed by atoms with Crippen molar-refractivity contribution in [1.82, 2.24) is 0 Å². The van der Waals surface area contributed by atoms with Gasteiger partial charge < -0.3 is 18.9 Å². The number of carbonyl (C=O) groups is 1. The molecule has 0 aliphatic carbocycles. The first-order chi connectivity index (χ1) is 46.8. The second-order valence-electron chi connectivity index (χ2n) is 22.1. The molecule has 2 aromatic rings. The smallest absolute Gasteiger partial charge is 0.460 e. The molecule has 0 aliphatic heterocycles. The first kappa shape index (κ1) is 96.8. The molecule has 0 saturated carbocycles. The number of ether oxygens (including phenoxy) is 4. The maximum absolute atomic E-state index is 14.8. The van der Waals surface area contributed by atoms with Crippen LogP contribution in [0.15, 0.2) is 42.5 Å². The summed E-state index contributed by atoms with van der Waals surface area (Å²) >= 11 is 0. The largest absolute Gasteiger partial charge is 0.490 e. The van der Waals surface area contributed by atoms with E-state index in [0.717, 1.165) is 19.1 Å². The van der Waals surface area contributed by atoms with E-state index in [2.05, 4.69) is 0 Å². The van der Waals surface area contributed by atoms with Crippen LogP contribution >= 0.6 is 0 Å². The van der Waals surface area contributed by atoms with Crippen molar-refractivity contribution in [3.8, 4) is 17.2 Å². The molecular formula is C51H35F51O5. The number of halogens is 51. The molecule has 626 valence electrons. The number of hydrogen-bond donors (Lipinski definition) is 0. The molecule has 1 unspecified atom stereocenters. The Kier molecular flexibility index (Phi) is 26.6. The zero-order valence-corrected chi connectivity index (χ0v) is 50.4. The van der Waals surface area contributed by atoms with E-state index in [1.54, 1.807) is 0 Å². The molecule has 0 saturated heterocycles. The number of unbranched alkanes of at least 4 members (excludes halogenated alkanes) is 3. The standard InChI is InChI=1S/C51H35F51O5/c1-21(22-11-3-2-4-12-22)107-27(103)23-19-24(104-16-8-5-13-28(52,53)31(58,59)34(64,65)37(70,71)40(76,77)43(82,83)46(88,89)49(94,95)96)26(106-18-10-7-15-30(56,57)33(62,63)36(68,69)39(74,75)42(80,81)45(86,87)48(92,93)51(100,101)102)25(20-23)105-17-9-6-14-29(54,55)32(60,61)35(66,67)38(72,73)41(78,79)44(84,85)47(90,91)50(97,98)99/h2-4,11-12,19-21H,5-10,13-18H2,1H3. The van der Waals surface area contributed by atoms with Gasteiger partial charge in [0.05, 0.1) is 25.4 Å². The lowest BCUT2D eigenvalue weighted by molar-refractivity contribution is -0.461. The Morgan fingerprint density at radius 2 is 0.486 bits per heavy atom. The van der Waals surface area contributed by atoms with Crippen molar-refractivity contribution >= 4 is 5.97 Å². The molecule has 1 atom stereocenters. The molecule has 107 heavy (non-hydrogen) atoms. The Morgan fingerprint density at radius 1 is 0.280 bits per heavy atom. The number of hydrogen-bond acceptors (Lipinski definition) is 5. The van der Waals surface area contributed by atoms with Crippen LogP contribution in [0.5, 0.6) is 17.2 Å². The minimum atomic E-state index is -9.14. The van der Waals surface area contributed by atoms with Crippen LogP contribution in [0.4, 0.5) is 224 Å². The second-order valence-corrected chi connectivity index (χ2v) is 22.1. The molecule has 0 bridgehead atoms. The fourth-order valence-corrected chi connectivity index (χ4v) is 8.02. The van der Waals surface area contributed by atoms with E-state index >= 15 is 0 Å². The fraction of sp³-hybridized carbons (Fsp3) is 0.745. The summed E-state index contributed by atoms with van der Waals surface area (Å²) in [5.41, 5.74) is -1.37. The number of rotatable bonds is 39. The lowest BCUT2D eigenvalue weighted by Gasteiger charge is -2.42. The third-order valence-electron chi connectivity index (χ3n) is 14.6. The van der Waals surface area contributed by atoms with Gasteiger partial charge in [0.1, 0.15) is 6.10 Å². The fourth-order valence-electron chi connectivity index (χ4n) is 8.02. The Morgan fingerprint density at radius 3 is 0.710 bits per heavy atom. The van der Waals surface area contributed by atoms with Gasteiger partial charge in [-0.05, 0) is 63.1 Å². The summed E-state index contributed by atoms with van der Waals surface area (Å²) in [6, 6.07) is 6.02. The van der Waals surface area contributed by atoms with Crippen molar-refractivity contribution in [1.29, 1.82) is 0 Å². The van der Waals surface area contributed by atoms with E-state index in [1.165, 1.54) is 18.2 Å². The molecular weight excluding hydrogens is 1660 g/mol. The van der Waals surface area contributed by atoms with Gasteiger partial charge in [0.15, 0.2) is 11.5 Å². The average molecular weight is 1700 g/mol. The third-order valence-corrected chi connectivity index (χ3v) is 14.6. The van der Waals surface area contributed by atoms with Gasteiger partial charge in [-0.2, -0.15) is 224 Å². The van der Waals surface area contributed by atoms with E-state index in [1.807, 2.05) is 0 Å². The van der Waals surface area contributed by atoms with E-state index in [-0.39, 0.29) is 17.7 Å². The highest BCUT2D eigenvalue weighted by atomic mass is 19.5. The van der Waals surface area contributed by atoms with Crippen molar-refractivity contribution < 1.29 is 248 Å². The van der Waals surface area contributed by atoms with Crippen molar-refractivity contribution in [3.05, 3.63) is 53.6 Å². The van der Waals surface area contributed by atoms with Crippen LogP contribution in [-0.4, -0.2) is 169 Å². The molecule has 0 radical (unpaired) electrons. The van der Waals surface area contributed by atoms with E-state index < -0.39 is 255 Å². The maximum Gasteiger partial charge on any atom is 0.460 e. The van der Waals surface area contributed by atoms with E-state index in [9.17, 15) is 229 Å². The molecule has 2 aromatic carbocycles. The Bertz CT molecular complexity index is 3180. The second kappa shape index (κ2) is 29.4. The van der Waals surface area contributed by atoms with Crippen LogP contribution in [0.2, 0.25) is 0 Å². The summed E-state index contributed by atoms with van der Waals surface area (Å²) in [6.45, 7) is -4.56. The SMILES string of the molecule is CC(OC(=O)c1cc(OCCCCC(F)(F)C(F)(F)C(F)(F)C(F)(F)C(F)(F)C(F)(F)C(F)(F)C(F)(F)F)c(OCCCCC(F)(F)C(F)(F)C(F)(F)C(F)(F)C(F)(F)C(F)(F)C(F)(F)C(F)(F)F)c(OCCCCC(F)(F)C(F)(F)C(F)(F)C(F)(F)C(F)(F)C(F)(F)C(F)(F)C(F)(F)F)c1)c1ccccc1. The molecule has 0 aromatic heterocycles. The van der Waals surface area contributed by atoms with Gasteiger partial charge in [-0.1, -0.05) is 30.3 Å². The van der Waals surface area contributed by atoms with Crippen LogP contribution < -0.4 is 14.2 Å². The molecule has 0 heterocycles. The Hall–Kier alpha value is -6.26. The van der Waals surface area contributed by atoms with Gasteiger partial charge in [-0.3, -0.25) is 0 Å². The van der Waals surface area contributed by atoms with Crippen molar-refractivity contribution in [2.45, 2.75) is 214 Å². The molecule has 0 N–H and O–H groups in total. The van der Waals surface area contributed by atoms with Gasteiger partial charge >= 0.3 is 149 Å². The highest BCUT2D eigenvalue weighted by Crippen LogP contribution is 2.69. The summed E-state index contributed by atoms with van der Waals surface area (Å²) in [6.07, 6.45) is -47.7. The van der Waals surface area contributed by atoms with Crippen LogP contribution in [0.25, 0.3) is 0 Å². The lowest BCUT2D eigenvalue weighted by atomic mass is 9.88. The third kappa shape index (κ3) is 15.8. The van der Waals surface area contributed by atoms with Crippen LogP contribution in [0.1, 0.15) is 86.7 Å². The molecule has 0 spiro atoms. The van der Waals surface area contributed by atoms with Gasteiger partial charge in [0, 0.05) is 19.3 Å². The van der Waals surface area contributed by atoms with Crippen molar-refractivity contribution in [2.75, 3.05) is 19.8 Å². The van der Waals surface area contributed by atoms with E-state index in [0.29, 0.717) is 0 Å². The number of benzene rings is 2. The molecule has 0 aliphatic rings. The maximum atomic E-state index is 14.8. The summed E-state index contributed by atoms with van der Waals surface area (Å²) in [5.74, 6) is -187. The number of carbonyl (C=O) groups excluding carboxylic acids is 1. The molecule has 2 rings (SSSR count). The normalized spacial score (nSPS) is 15.9. The molecule has 56 heteroatoms. The predicted molar refractivity (Wildman–Crippen MR) is 247 cm³/mol. The minimum absolute atomic E-state index is 0.0506. The van der Waals surface area contributed by atoms with E-state index in [4.69, 9.17) is 18.9 Å². The van der Waals surface area contributed by atoms with Crippen LogP contribution in [-0.2, 0) is 4.74 Å². The minimum Gasteiger partial charge on any atom is -0.490 e. The monoisotopic (exact) mass is 1700 g/mol. The molecule has 0 amide bonds. The highest BCUT2D eigenvalue weighted by Gasteiger charge is 2.98. The Labute approximate surface area is 558 Å². The quantitative estimate of drug-likeness (QED) is 0.0379. The lowest BCUT2D eigenvalue weighted by Crippen LogP contribution is -2.74. The van der Waals surface area contributed by atoms with Gasteiger partial charge in [0.25, 0.3) is 0 Å². The molecule has 5 nitrogen and oxygen atoms in total. The first-order valence-electron chi connectivity index (χ1n) is 27.3.